The van der Waals surface area contributed by atoms with Gasteiger partial charge in [0.2, 0.25) is 11.8 Å². The van der Waals surface area contributed by atoms with E-state index in [9.17, 15) is 19.5 Å². The lowest BCUT2D eigenvalue weighted by molar-refractivity contribution is -0.144. The standard InChI is InChI=1S/C33H37N3O6/c1-5-41-24-13-11-23(12-14-24)34-17-7-15-32(4)25(29(34)38)26-30(39)36(19-20-37)28-31(40)35(18-8-16-33(26,28)42-32)27-21(2)9-6-10-22(27)3/h6-16,25-26,28,37H,5,17-20H2,1-4H3/t25-,26-,28?,32+,33-/m0/s1. The molecule has 4 aliphatic heterocycles. The molecule has 220 valence electrons. The van der Waals surface area contributed by atoms with E-state index in [2.05, 4.69) is 0 Å². The maximum atomic E-state index is 14.5. The number of hydrogen-bond acceptors (Lipinski definition) is 6. The molecule has 1 N–H and O–H groups in total. The van der Waals surface area contributed by atoms with Crippen molar-refractivity contribution in [3.63, 3.8) is 0 Å². The zero-order valence-corrected chi connectivity index (χ0v) is 24.4. The largest absolute Gasteiger partial charge is 0.494 e. The van der Waals surface area contributed by atoms with E-state index in [4.69, 9.17) is 9.47 Å². The molecule has 2 aromatic rings. The Kier molecular flexibility index (Phi) is 6.98. The number of nitrogens with zero attached hydrogens (tertiary/aromatic N) is 3. The van der Waals surface area contributed by atoms with Crippen LogP contribution in [0.15, 0.2) is 66.8 Å². The molecule has 0 aliphatic carbocycles. The van der Waals surface area contributed by atoms with Gasteiger partial charge in [-0.2, -0.15) is 0 Å². The zero-order valence-electron chi connectivity index (χ0n) is 24.4. The summed E-state index contributed by atoms with van der Waals surface area (Å²) in [6.07, 6.45) is 7.46. The van der Waals surface area contributed by atoms with Gasteiger partial charge in [-0.25, -0.2) is 0 Å². The van der Waals surface area contributed by atoms with Gasteiger partial charge in [0.05, 0.1) is 30.7 Å². The number of aliphatic hydroxyl groups excluding tert-OH is 1. The van der Waals surface area contributed by atoms with E-state index in [0.29, 0.717) is 31.1 Å². The molecule has 1 unspecified atom stereocenters. The number of anilines is 2. The number of ether oxygens (including phenoxy) is 2. The van der Waals surface area contributed by atoms with E-state index < -0.39 is 29.1 Å². The van der Waals surface area contributed by atoms with Gasteiger partial charge in [0.1, 0.15) is 17.4 Å². The minimum absolute atomic E-state index is 0.0403. The van der Waals surface area contributed by atoms with E-state index in [0.717, 1.165) is 16.8 Å². The molecule has 2 aromatic carbocycles. The first kappa shape index (κ1) is 28.2. The van der Waals surface area contributed by atoms with Crippen molar-refractivity contribution in [1.82, 2.24) is 4.90 Å². The van der Waals surface area contributed by atoms with Crippen molar-refractivity contribution in [2.75, 3.05) is 42.6 Å². The van der Waals surface area contributed by atoms with Gasteiger partial charge < -0.3 is 29.3 Å². The van der Waals surface area contributed by atoms with Crippen molar-refractivity contribution in [1.29, 1.82) is 0 Å². The molecule has 9 heteroatoms. The molecule has 5 atom stereocenters. The average Bonchev–Trinajstić information content (AvgIpc) is 3.22. The van der Waals surface area contributed by atoms with Crippen LogP contribution in [0.25, 0.3) is 0 Å². The summed E-state index contributed by atoms with van der Waals surface area (Å²) in [7, 11) is 0. The molecule has 3 amide bonds. The summed E-state index contributed by atoms with van der Waals surface area (Å²) < 4.78 is 12.4. The molecule has 0 aromatic heterocycles. The van der Waals surface area contributed by atoms with E-state index in [1.54, 1.807) is 9.80 Å². The van der Waals surface area contributed by atoms with Crippen LogP contribution in [0.5, 0.6) is 5.75 Å². The van der Waals surface area contributed by atoms with Gasteiger partial charge in [-0.15, -0.1) is 0 Å². The number of amides is 3. The number of aliphatic hydroxyl groups is 1. The lowest BCUT2D eigenvalue weighted by atomic mass is 9.74. The van der Waals surface area contributed by atoms with Gasteiger partial charge in [-0.05, 0) is 63.1 Å². The normalized spacial score (nSPS) is 30.3. The molecule has 2 saturated heterocycles. The SMILES string of the molecule is CCOc1ccc(N2CC=C[C@@]3(C)O[C@]45C=CCN(c6c(C)cccc6C)C(=O)C4N(CCO)C(=O)[C@@H]5[C@H]3C2=O)cc1. The highest BCUT2D eigenvalue weighted by Gasteiger charge is 2.74. The molecule has 9 nitrogen and oxygen atoms in total. The number of β-amino-alcohol motifs (C(OH)–C–C–N with tert-alkyl or cyclic N) is 1. The molecule has 0 saturated carbocycles. The van der Waals surface area contributed by atoms with Crippen LogP contribution in [0, 0.1) is 25.7 Å². The Morgan fingerprint density at radius 1 is 0.905 bits per heavy atom. The summed E-state index contributed by atoms with van der Waals surface area (Å²) in [5.41, 5.74) is 0.850. The van der Waals surface area contributed by atoms with Gasteiger partial charge in [-0.3, -0.25) is 14.4 Å². The van der Waals surface area contributed by atoms with E-state index in [1.807, 2.05) is 94.5 Å². The average molecular weight is 572 g/mol. The van der Waals surface area contributed by atoms with Crippen molar-refractivity contribution in [2.24, 2.45) is 11.8 Å². The summed E-state index contributed by atoms with van der Waals surface area (Å²) in [4.78, 5) is 48.1. The zero-order chi connectivity index (χ0) is 29.8. The quantitative estimate of drug-likeness (QED) is 0.535. The number of para-hydroxylation sites is 1. The van der Waals surface area contributed by atoms with Crippen LogP contribution in [0.3, 0.4) is 0 Å². The van der Waals surface area contributed by atoms with Gasteiger partial charge in [0.25, 0.3) is 5.91 Å². The van der Waals surface area contributed by atoms with Gasteiger partial charge >= 0.3 is 0 Å². The van der Waals surface area contributed by atoms with Crippen molar-refractivity contribution >= 4 is 29.1 Å². The Morgan fingerprint density at radius 3 is 2.24 bits per heavy atom. The van der Waals surface area contributed by atoms with Crippen molar-refractivity contribution in [2.45, 2.75) is 44.9 Å². The number of likely N-dealkylation sites (tertiary alicyclic amines) is 1. The fourth-order valence-electron chi connectivity index (χ4n) is 7.42. The number of benzene rings is 2. The minimum Gasteiger partial charge on any atom is -0.494 e. The Labute approximate surface area is 246 Å². The lowest BCUT2D eigenvalue weighted by Gasteiger charge is -2.37. The first-order valence-electron chi connectivity index (χ1n) is 14.6. The van der Waals surface area contributed by atoms with E-state index in [-0.39, 0.29) is 30.9 Å². The molecule has 0 radical (unpaired) electrons. The summed E-state index contributed by atoms with van der Waals surface area (Å²) in [6.45, 7) is 8.44. The van der Waals surface area contributed by atoms with E-state index in [1.165, 1.54) is 4.90 Å². The van der Waals surface area contributed by atoms with Crippen LogP contribution < -0.4 is 14.5 Å². The first-order valence-corrected chi connectivity index (χ1v) is 14.6. The predicted molar refractivity (Wildman–Crippen MR) is 158 cm³/mol. The first-order chi connectivity index (χ1) is 20.2. The van der Waals surface area contributed by atoms with Crippen molar-refractivity contribution in [3.8, 4) is 5.75 Å². The van der Waals surface area contributed by atoms with Crippen LogP contribution in [-0.2, 0) is 19.1 Å². The lowest BCUT2D eigenvalue weighted by Crippen LogP contribution is -2.56. The molecule has 42 heavy (non-hydrogen) atoms. The van der Waals surface area contributed by atoms with Crippen LogP contribution in [0.2, 0.25) is 0 Å². The van der Waals surface area contributed by atoms with Gasteiger partial charge in [0, 0.05) is 31.0 Å². The highest BCUT2D eigenvalue weighted by atomic mass is 16.5. The third-order valence-corrected chi connectivity index (χ3v) is 9.07. The van der Waals surface area contributed by atoms with Gasteiger partial charge in [-0.1, -0.05) is 42.5 Å². The van der Waals surface area contributed by atoms with Crippen molar-refractivity contribution in [3.05, 3.63) is 77.9 Å². The summed E-state index contributed by atoms with van der Waals surface area (Å²) in [6, 6.07) is 12.1. The van der Waals surface area contributed by atoms with E-state index >= 15 is 0 Å². The highest BCUT2D eigenvalue weighted by molar-refractivity contribution is 6.08. The van der Waals surface area contributed by atoms with Crippen molar-refractivity contribution < 1.29 is 29.0 Å². The Morgan fingerprint density at radius 2 is 1.57 bits per heavy atom. The molecule has 4 heterocycles. The molecule has 2 fully saturated rings. The topological polar surface area (TPSA) is 99.6 Å². The van der Waals surface area contributed by atoms with Crippen LogP contribution in [-0.4, -0.2) is 77.8 Å². The smallest absolute Gasteiger partial charge is 0.253 e. The fourth-order valence-corrected chi connectivity index (χ4v) is 7.42. The second-order valence-electron chi connectivity index (χ2n) is 11.6. The number of aryl methyl sites for hydroxylation is 2. The molecular weight excluding hydrogens is 534 g/mol. The maximum Gasteiger partial charge on any atom is 0.253 e. The van der Waals surface area contributed by atoms with Gasteiger partial charge in [0.15, 0.2) is 0 Å². The third-order valence-electron chi connectivity index (χ3n) is 9.07. The fraction of sp³-hybridized carbons (Fsp3) is 0.424. The molecule has 1 spiro atoms. The summed E-state index contributed by atoms with van der Waals surface area (Å²) in [5, 5.41) is 9.98. The van der Waals surface area contributed by atoms with Crippen LogP contribution in [0.1, 0.15) is 25.0 Å². The van der Waals surface area contributed by atoms with Crippen LogP contribution >= 0.6 is 0 Å². The molecular formula is C33H37N3O6. The Bertz CT molecular complexity index is 1460. The third kappa shape index (κ3) is 4.09. The highest BCUT2D eigenvalue weighted by Crippen LogP contribution is 2.57. The monoisotopic (exact) mass is 571 g/mol. The second kappa shape index (κ2) is 10.4. The molecule has 0 bridgehead atoms. The minimum atomic E-state index is -1.38. The molecule has 6 rings (SSSR count). The maximum absolute atomic E-state index is 14.5. The number of fused-ring (bicyclic) bond motifs is 2. The summed E-state index contributed by atoms with van der Waals surface area (Å²) in [5.74, 6) is -2.02. The number of carbonyl (C=O) groups is 3. The number of hydrogen-bond donors (Lipinski definition) is 1. The Hall–Kier alpha value is -3.95. The number of rotatable bonds is 6. The Balaban J connectivity index is 1.44. The summed E-state index contributed by atoms with van der Waals surface area (Å²) >= 11 is 0. The second-order valence-corrected chi connectivity index (χ2v) is 11.6. The predicted octanol–water partition coefficient (Wildman–Crippen LogP) is 3.17. The number of carbonyl (C=O) groups excluding carboxylic acids is 3. The molecule has 4 aliphatic rings. The van der Waals surface area contributed by atoms with Crippen LogP contribution in [0.4, 0.5) is 11.4 Å².